The van der Waals surface area contributed by atoms with Crippen molar-refractivity contribution in [1.29, 1.82) is 0 Å². The van der Waals surface area contributed by atoms with Crippen molar-refractivity contribution in [3.05, 3.63) is 70.5 Å². The molecule has 1 fully saturated rings. The molecule has 1 saturated carbocycles. The Kier molecular flexibility index (Phi) is 9.31. The van der Waals surface area contributed by atoms with E-state index in [0.717, 1.165) is 5.92 Å². The highest BCUT2D eigenvalue weighted by atomic mass is 19.4. The lowest BCUT2D eigenvalue weighted by molar-refractivity contribution is -0.143. The average Bonchev–Trinajstić information content (AvgIpc) is 2.73. The van der Waals surface area contributed by atoms with Crippen molar-refractivity contribution in [3.63, 3.8) is 0 Å². The maximum absolute atomic E-state index is 12.9. The van der Waals surface area contributed by atoms with E-state index in [0.29, 0.717) is 18.1 Å². The Morgan fingerprint density at radius 1 is 0.879 bits per heavy atom. The molecule has 0 radical (unpaired) electrons. The molecule has 2 atom stereocenters. The molecule has 0 aromatic heterocycles. The molecule has 1 aliphatic carbocycles. The molecule has 1 aliphatic rings. The van der Waals surface area contributed by atoms with Crippen molar-refractivity contribution >= 4 is 0 Å². The van der Waals surface area contributed by atoms with E-state index in [2.05, 4.69) is 19.0 Å². The van der Waals surface area contributed by atoms with E-state index in [9.17, 15) is 30.7 Å². The van der Waals surface area contributed by atoms with E-state index in [1.54, 1.807) is 12.1 Å². The van der Waals surface area contributed by atoms with Gasteiger partial charge in [-0.25, -0.2) is 4.39 Å². The van der Waals surface area contributed by atoms with Crippen LogP contribution in [0, 0.1) is 11.7 Å². The van der Waals surface area contributed by atoms with E-state index >= 15 is 0 Å². The second-order valence-electron chi connectivity index (χ2n) is 8.62. The Bertz CT molecular complexity index is 844. The summed E-state index contributed by atoms with van der Waals surface area (Å²) in [6.07, 6.45) is -4.58. The first-order chi connectivity index (χ1) is 15.3. The lowest BCUT2D eigenvalue weighted by Gasteiger charge is -2.31. The van der Waals surface area contributed by atoms with Crippen molar-refractivity contribution in [2.24, 2.45) is 5.92 Å². The lowest BCUT2D eigenvalue weighted by Crippen LogP contribution is -2.25. The number of halogens is 7. The van der Waals surface area contributed by atoms with Gasteiger partial charge >= 0.3 is 12.4 Å². The van der Waals surface area contributed by atoms with Crippen LogP contribution in [0.3, 0.4) is 0 Å². The SMILES string of the molecule is CN(C)CC1CCCC(c2ccc(F)cc2)C1.OCc1cc(C(F)(F)F)cc(C(F)(F)F)c1. The van der Waals surface area contributed by atoms with Crippen LogP contribution in [0.25, 0.3) is 0 Å². The van der Waals surface area contributed by atoms with Crippen LogP contribution in [-0.4, -0.2) is 30.6 Å². The van der Waals surface area contributed by atoms with Crippen molar-refractivity contribution in [2.75, 3.05) is 20.6 Å². The molecule has 0 amide bonds. The van der Waals surface area contributed by atoms with Crippen LogP contribution >= 0.6 is 0 Å². The summed E-state index contributed by atoms with van der Waals surface area (Å²) in [5, 5.41) is 8.58. The number of rotatable bonds is 4. The number of hydrogen-bond donors (Lipinski definition) is 1. The molecule has 2 aromatic carbocycles. The molecular weight excluding hydrogens is 451 g/mol. The number of benzene rings is 2. The Hall–Kier alpha value is -2.13. The monoisotopic (exact) mass is 479 g/mol. The highest BCUT2D eigenvalue weighted by molar-refractivity contribution is 5.33. The highest BCUT2D eigenvalue weighted by Gasteiger charge is 2.36. The van der Waals surface area contributed by atoms with Gasteiger partial charge in [-0.15, -0.1) is 0 Å². The van der Waals surface area contributed by atoms with Gasteiger partial charge < -0.3 is 10.0 Å². The largest absolute Gasteiger partial charge is 0.416 e. The van der Waals surface area contributed by atoms with Gasteiger partial charge in [0.25, 0.3) is 0 Å². The Labute approximate surface area is 189 Å². The normalized spacial score (nSPS) is 19.2. The zero-order valence-corrected chi connectivity index (χ0v) is 18.5. The molecule has 0 aliphatic heterocycles. The smallest absolute Gasteiger partial charge is 0.392 e. The van der Waals surface area contributed by atoms with Gasteiger partial charge in [-0.3, -0.25) is 0 Å². The summed E-state index contributed by atoms with van der Waals surface area (Å²) in [6.45, 7) is 0.296. The topological polar surface area (TPSA) is 23.5 Å². The van der Waals surface area contributed by atoms with Gasteiger partial charge in [-0.2, -0.15) is 26.3 Å². The third kappa shape index (κ3) is 8.62. The van der Waals surface area contributed by atoms with E-state index in [1.807, 2.05) is 12.1 Å². The van der Waals surface area contributed by atoms with Gasteiger partial charge in [-0.05, 0) is 86.7 Å². The molecule has 33 heavy (non-hydrogen) atoms. The van der Waals surface area contributed by atoms with Gasteiger partial charge in [0.15, 0.2) is 0 Å². The summed E-state index contributed by atoms with van der Waals surface area (Å²) in [5.74, 6) is 1.30. The molecule has 9 heteroatoms. The summed E-state index contributed by atoms with van der Waals surface area (Å²) >= 11 is 0. The van der Waals surface area contributed by atoms with Crippen LogP contribution < -0.4 is 0 Å². The van der Waals surface area contributed by atoms with Gasteiger partial charge in [0.05, 0.1) is 17.7 Å². The lowest BCUT2D eigenvalue weighted by atomic mass is 9.78. The maximum atomic E-state index is 12.9. The third-order valence-electron chi connectivity index (χ3n) is 5.58. The van der Waals surface area contributed by atoms with Crippen molar-refractivity contribution in [1.82, 2.24) is 4.90 Å². The molecule has 2 aromatic rings. The molecule has 0 saturated heterocycles. The van der Waals surface area contributed by atoms with Gasteiger partial charge in [-0.1, -0.05) is 18.6 Å². The minimum atomic E-state index is -4.87. The number of nitrogens with zero attached hydrogens (tertiary/aromatic N) is 1. The molecule has 3 rings (SSSR count). The highest BCUT2D eigenvalue weighted by Crippen LogP contribution is 2.37. The molecular formula is C24H28F7NO. The Morgan fingerprint density at radius 3 is 1.88 bits per heavy atom. The fourth-order valence-corrected chi connectivity index (χ4v) is 4.12. The third-order valence-corrected chi connectivity index (χ3v) is 5.58. The van der Waals surface area contributed by atoms with Crippen LogP contribution in [0.1, 0.15) is 53.9 Å². The molecule has 184 valence electrons. The predicted molar refractivity (Wildman–Crippen MR) is 112 cm³/mol. The number of aliphatic hydroxyl groups excluding tert-OH is 1. The van der Waals surface area contributed by atoms with Crippen molar-refractivity contribution in [3.8, 4) is 0 Å². The van der Waals surface area contributed by atoms with Gasteiger partial charge in [0.2, 0.25) is 0 Å². The Balaban J connectivity index is 0.000000234. The minimum absolute atomic E-state index is 0.0131. The van der Waals surface area contributed by atoms with Crippen molar-refractivity contribution < 1.29 is 35.8 Å². The molecule has 2 nitrogen and oxygen atoms in total. The first-order valence-electron chi connectivity index (χ1n) is 10.6. The van der Waals surface area contributed by atoms with Crippen LogP contribution in [0.2, 0.25) is 0 Å². The number of aliphatic hydroxyl groups is 1. The molecule has 1 N–H and O–H groups in total. The first kappa shape index (κ1) is 27.1. The molecule has 0 spiro atoms. The predicted octanol–water partition coefficient (Wildman–Crippen LogP) is 6.88. The average molecular weight is 479 g/mol. The standard InChI is InChI=1S/C15H22FN.C9H6F6O/c1-17(2)11-12-4-3-5-14(10-12)13-6-8-15(16)9-7-13;10-8(11,12)6-1-5(4-16)2-7(3-6)9(13,14)15/h6-9,12,14H,3-5,10-11H2,1-2H3;1-3,16H,4H2. The second-order valence-corrected chi connectivity index (χ2v) is 8.62. The quantitative estimate of drug-likeness (QED) is 0.484. The zero-order valence-electron chi connectivity index (χ0n) is 18.5. The summed E-state index contributed by atoms with van der Waals surface area (Å²) in [5.41, 5.74) is -1.96. The first-order valence-corrected chi connectivity index (χ1v) is 10.6. The molecule has 2 unspecified atom stereocenters. The zero-order chi connectivity index (χ0) is 24.8. The number of hydrogen-bond acceptors (Lipinski definition) is 2. The molecule has 0 bridgehead atoms. The summed E-state index contributed by atoms with van der Waals surface area (Å²) in [7, 11) is 4.28. The fraction of sp³-hybridized carbons (Fsp3) is 0.500. The van der Waals surface area contributed by atoms with Crippen LogP contribution in [-0.2, 0) is 19.0 Å². The van der Waals surface area contributed by atoms with Crippen LogP contribution in [0.5, 0.6) is 0 Å². The van der Waals surface area contributed by atoms with E-state index in [4.69, 9.17) is 5.11 Å². The Morgan fingerprint density at radius 2 is 1.42 bits per heavy atom. The molecule has 0 heterocycles. The van der Waals surface area contributed by atoms with Crippen LogP contribution in [0.4, 0.5) is 30.7 Å². The van der Waals surface area contributed by atoms with Crippen molar-refractivity contribution in [2.45, 2.75) is 50.6 Å². The summed E-state index contributed by atoms with van der Waals surface area (Å²) in [6, 6.07) is 8.06. The van der Waals surface area contributed by atoms with Gasteiger partial charge in [0, 0.05) is 6.54 Å². The van der Waals surface area contributed by atoms with Crippen LogP contribution in [0.15, 0.2) is 42.5 Å². The minimum Gasteiger partial charge on any atom is -0.392 e. The van der Waals surface area contributed by atoms with E-state index < -0.39 is 35.6 Å². The maximum Gasteiger partial charge on any atom is 0.416 e. The number of alkyl halides is 6. The second kappa shape index (κ2) is 11.3. The summed E-state index contributed by atoms with van der Waals surface area (Å²) < 4.78 is 86.2. The van der Waals surface area contributed by atoms with E-state index in [-0.39, 0.29) is 11.9 Å². The van der Waals surface area contributed by atoms with E-state index in [1.165, 1.54) is 37.8 Å². The fourth-order valence-electron chi connectivity index (χ4n) is 4.12. The summed E-state index contributed by atoms with van der Waals surface area (Å²) in [4.78, 5) is 2.28. The van der Waals surface area contributed by atoms with Gasteiger partial charge in [0.1, 0.15) is 5.82 Å².